The molecule has 2 aromatic carbocycles. The number of aromatic nitrogens is 1. The number of amides is 1. The van der Waals surface area contributed by atoms with Crippen molar-refractivity contribution in [3.05, 3.63) is 84.7 Å². The Morgan fingerprint density at radius 2 is 1.71 bits per heavy atom. The van der Waals surface area contributed by atoms with Gasteiger partial charge in [-0.15, -0.1) is 0 Å². The molecule has 0 fully saturated rings. The summed E-state index contributed by atoms with van der Waals surface area (Å²) in [4.78, 5) is 12.5. The summed E-state index contributed by atoms with van der Waals surface area (Å²) in [5, 5.41) is 2.98. The number of carbonyl (C=O) groups excluding carboxylic acids is 1. The maximum absolute atomic E-state index is 12.5. The van der Waals surface area contributed by atoms with Crippen LogP contribution in [0.2, 0.25) is 0 Å². The van der Waals surface area contributed by atoms with E-state index in [9.17, 15) is 4.79 Å². The molecule has 1 N–H and O–H groups in total. The molecule has 3 heteroatoms. The highest BCUT2D eigenvalue weighted by atomic mass is 16.2. The van der Waals surface area contributed by atoms with Crippen molar-refractivity contribution in [2.24, 2.45) is 0 Å². The molecule has 0 bridgehead atoms. The Morgan fingerprint density at radius 1 is 0.958 bits per heavy atom. The molecule has 3 aromatic rings. The van der Waals surface area contributed by atoms with Crippen LogP contribution in [-0.4, -0.2) is 5.91 Å². The number of hydrogen-bond donors (Lipinski definition) is 1. The predicted octanol–water partition coefficient (Wildman–Crippen LogP) is 4.15. The molecule has 0 aliphatic rings. The second kappa shape index (κ2) is 7.09. The first-order valence-electron chi connectivity index (χ1n) is 8.07. The molecule has 1 aromatic heterocycles. The van der Waals surface area contributed by atoms with Gasteiger partial charge in [0.15, 0.2) is 12.4 Å². The highest BCUT2D eigenvalue weighted by Crippen LogP contribution is 2.17. The van der Waals surface area contributed by atoms with E-state index < -0.39 is 0 Å². The fraction of sp³-hybridized carbons (Fsp3) is 0.143. The number of anilines is 1. The molecule has 1 heterocycles. The first-order valence-corrected chi connectivity index (χ1v) is 8.07. The van der Waals surface area contributed by atoms with Gasteiger partial charge >= 0.3 is 0 Å². The lowest BCUT2D eigenvalue weighted by Crippen LogP contribution is -2.44. The van der Waals surface area contributed by atoms with Crippen LogP contribution in [0.1, 0.15) is 18.5 Å². The lowest BCUT2D eigenvalue weighted by molar-refractivity contribution is -0.705. The quantitative estimate of drug-likeness (QED) is 0.721. The van der Waals surface area contributed by atoms with Crippen molar-refractivity contribution in [2.45, 2.75) is 19.9 Å². The van der Waals surface area contributed by atoms with Crippen LogP contribution in [0.15, 0.2) is 79.1 Å². The molecule has 0 aliphatic heterocycles. The summed E-state index contributed by atoms with van der Waals surface area (Å²) in [5.74, 6) is -0.0317. The maximum Gasteiger partial charge on any atom is 0.293 e. The van der Waals surface area contributed by atoms with Gasteiger partial charge in [-0.1, -0.05) is 42.5 Å². The standard InChI is InChI=1S/C21H20N2O/c1-16-8-6-12-20(14-16)22-21(24)17(2)23-13-7-11-19(15-23)18-9-4-3-5-10-18/h3-15,17H,1-2H3/p+1/t17-/m1/s1. The van der Waals surface area contributed by atoms with Crippen LogP contribution in [0.5, 0.6) is 0 Å². The molecule has 0 aliphatic carbocycles. The molecular weight excluding hydrogens is 296 g/mol. The number of nitrogens with one attached hydrogen (secondary N) is 1. The topological polar surface area (TPSA) is 33.0 Å². The minimum absolute atomic E-state index is 0.0317. The summed E-state index contributed by atoms with van der Waals surface area (Å²) in [6.07, 6.45) is 3.93. The molecule has 3 nitrogen and oxygen atoms in total. The highest BCUT2D eigenvalue weighted by Gasteiger charge is 2.22. The molecule has 1 atom stereocenters. The fourth-order valence-corrected chi connectivity index (χ4v) is 2.64. The lowest BCUT2D eigenvalue weighted by Gasteiger charge is -2.10. The van der Waals surface area contributed by atoms with E-state index in [1.807, 2.05) is 79.3 Å². The van der Waals surface area contributed by atoms with Crippen molar-refractivity contribution in [1.29, 1.82) is 0 Å². The van der Waals surface area contributed by atoms with E-state index in [0.29, 0.717) is 0 Å². The molecular formula is C21H21N2O+. The van der Waals surface area contributed by atoms with Crippen LogP contribution in [0.3, 0.4) is 0 Å². The Labute approximate surface area is 142 Å². The highest BCUT2D eigenvalue weighted by molar-refractivity contribution is 5.92. The van der Waals surface area contributed by atoms with E-state index in [2.05, 4.69) is 23.5 Å². The maximum atomic E-state index is 12.5. The normalized spacial score (nSPS) is 11.8. The smallest absolute Gasteiger partial charge is 0.293 e. The van der Waals surface area contributed by atoms with E-state index in [1.165, 1.54) is 0 Å². The van der Waals surface area contributed by atoms with Crippen LogP contribution in [0.4, 0.5) is 5.69 Å². The van der Waals surface area contributed by atoms with Crippen LogP contribution in [-0.2, 0) is 4.79 Å². The van der Waals surface area contributed by atoms with Crippen LogP contribution >= 0.6 is 0 Å². The number of pyridine rings is 1. The van der Waals surface area contributed by atoms with Crippen molar-refractivity contribution < 1.29 is 9.36 Å². The SMILES string of the molecule is Cc1cccc(NC(=O)[C@@H](C)[n+]2cccc(-c3ccccc3)c2)c1. The molecule has 0 unspecified atom stereocenters. The van der Waals surface area contributed by atoms with Gasteiger partial charge in [-0.2, -0.15) is 4.57 Å². The minimum atomic E-state index is -0.297. The average Bonchev–Trinajstić information content (AvgIpc) is 2.62. The van der Waals surface area contributed by atoms with Crippen molar-refractivity contribution in [1.82, 2.24) is 0 Å². The zero-order valence-electron chi connectivity index (χ0n) is 13.9. The van der Waals surface area contributed by atoms with Crippen LogP contribution < -0.4 is 9.88 Å². The minimum Gasteiger partial charge on any atom is -0.320 e. The van der Waals surface area contributed by atoms with Gasteiger partial charge in [0.2, 0.25) is 6.04 Å². The van der Waals surface area contributed by atoms with E-state index in [1.54, 1.807) is 0 Å². The first-order chi connectivity index (χ1) is 11.6. The Balaban J connectivity index is 1.79. The number of aryl methyl sites for hydroxylation is 1. The van der Waals surface area contributed by atoms with E-state index in [4.69, 9.17) is 0 Å². The van der Waals surface area contributed by atoms with Gasteiger partial charge in [0.25, 0.3) is 5.91 Å². The van der Waals surface area contributed by atoms with Gasteiger partial charge in [0, 0.05) is 24.2 Å². The van der Waals surface area contributed by atoms with Crippen molar-refractivity contribution in [3.8, 4) is 11.1 Å². The molecule has 0 saturated carbocycles. The largest absolute Gasteiger partial charge is 0.320 e. The molecule has 120 valence electrons. The zero-order chi connectivity index (χ0) is 16.9. The summed E-state index contributed by atoms with van der Waals surface area (Å²) in [6, 6.07) is 21.7. The second-order valence-electron chi connectivity index (χ2n) is 5.94. The summed E-state index contributed by atoms with van der Waals surface area (Å²) >= 11 is 0. The Morgan fingerprint density at radius 3 is 2.46 bits per heavy atom. The van der Waals surface area contributed by atoms with Gasteiger partial charge in [0.1, 0.15) is 0 Å². The molecule has 0 saturated heterocycles. The van der Waals surface area contributed by atoms with Crippen LogP contribution in [0, 0.1) is 6.92 Å². The average molecular weight is 317 g/mol. The monoisotopic (exact) mass is 317 g/mol. The van der Waals surface area contributed by atoms with Gasteiger partial charge < -0.3 is 5.32 Å². The van der Waals surface area contributed by atoms with E-state index in [-0.39, 0.29) is 11.9 Å². The fourth-order valence-electron chi connectivity index (χ4n) is 2.64. The molecule has 3 rings (SSSR count). The number of carbonyl (C=O) groups is 1. The van der Waals surface area contributed by atoms with Gasteiger partial charge in [-0.3, -0.25) is 4.79 Å². The molecule has 0 spiro atoms. The van der Waals surface area contributed by atoms with Crippen LogP contribution in [0.25, 0.3) is 11.1 Å². The third kappa shape index (κ3) is 3.69. The summed E-state index contributed by atoms with van der Waals surface area (Å²) in [6.45, 7) is 3.91. The molecule has 24 heavy (non-hydrogen) atoms. The van der Waals surface area contributed by atoms with Gasteiger partial charge in [-0.25, -0.2) is 0 Å². The zero-order valence-corrected chi connectivity index (χ0v) is 13.9. The number of rotatable bonds is 4. The van der Waals surface area contributed by atoms with Crippen molar-refractivity contribution in [3.63, 3.8) is 0 Å². The second-order valence-corrected chi connectivity index (χ2v) is 5.94. The summed E-state index contributed by atoms with van der Waals surface area (Å²) < 4.78 is 1.94. The first kappa shape index (κ1) is 15.9. The Bertz CT molecular complexity index is 843. The Hall–Kier alpha value is -2.94. The third-order valence-corrected chi connectivity index (χ3v) is 4.04. The summed E-state index contributed by atoms with van der Waals surface area (Å²) in [5.41, 5.74) is 4.18. The predicted molar refractivity (Wildman–Crippen MR) is 96.6 cm³/mol. The van der Waals surface area contributed by atoms with Crippen molar-refractivity contribution in [2.75, 3.05) is 5.32 Å². The lowest BCUT2D eigenvalue weighted by atomic mass is 10.1. The van der Waals surface area contributed by atoms with E-state index >= 15 is 0 Å². The number of benzene rings is 2. The Kier molecular flexibility index (Phi) is 4.71. The third-order valence-electron chi connectivity index (χ3n) is 4.04. The molecule has 1 amide bonds. The number of nitrogens with zero attached hydrogens (tertiary/aromatic N) is 1. The van der Waals surface area contributed by atoms with Gasteiger partial charge in [-0.05, 0) is 36.2 Å². The van der Waals surface area contributed by atoms with Gasteiger partial charge in [0.05, 0.1) is 0 Å². The van der Waals surface area contributed by atoms with Crippen molar-refractivity contribution >= 4 is 11.6 Å². The summed E-state index contributed by atoms with van der Waals surface area (Å²) in [7, 11) is 0. The van der Waals surface area contributed by atoms with E-state index in [0.717, 1.165) is 22.4 Å². The number of hydrogen-bond acceptors (Lipinski definition) is 1. The molecule has 0 radical (unpaired) electrons.